The second-order valence-corrected chi connectivity index (χ2v) is 5.22. The molecule has 1 unspecified atom stereocenters. The molecule has 0 heterocycles. The van der Waals surface area contributed by atoms with Crippen molar-refractivity contribution in [2.75, 3.05) is 6.61 Å². The molecule has 4 nitrogen and oxygen atoms in total. The fourth-order valence-corrected chi connectivity index (χ4v) is 1.85. The number of rotatable bonds is 7. The fraction of sp³-hybridized carbons (Fsp3) is 0.533. The Labute approximate surface area is 114 Å². The van der Waals surface area contributed by atoms with Crippen LogP contribution in [0.1, 0.15) is 33.3 Å². The number of carboxylic acid groups (broad SMARTS) is 1. The average Bonchev–Trinajstić information content (AvgIpc) is 2.36. The third-order valence-electron chi connectivity index (χ3n) is 2.94. The van der Waals surface area contributed by atoms with E-state index in [0.29, 0.717) is 5.75 Å². The molecule has 0 spiro atoms. The van der Waals surface area contributed by atoms with Gasteiger partial charge in [-0.1, -0.05) is 19.1 Å². The quantitative estimate of drug-likeness (QED) is 0.795. The highest BCUT2D eigenvalue weighted by Crippen LogP contribution is 2.15. The van der Waals surface area contributed by atoms with E-state index in [1.807, 2.05) is 38.1 Å². The second kappa shape index (κ2) is 6.57. The monoisotopic (exact) mass is 265 g/mol. The van der Waals surface area contributed by atoms with Crippen LogP contribution in [0.4, 0.5) is 0 Å². The number of nitrogens with one attached hydrogen (secondary N) is 1. The predicted molar refractivity (Wildman–Crippen MR) is 75.6 cm³/mol. The van der Waals surface area contributed by atoms with Crippen molar-refractivity contribution in [3.63, 3.8) is 0 Å². The van der Waals surface area contributed by atoms with E-state index in [4.69, 9.17) is 4.74 Å². The Morgan fingerprint density at radius 1 is 1.37 bits per heavy atom. The zero-order valence-corrected chi connectivity index (χ0v) is 12.1. The van der Waals surface area contributed by atoms with E-state index >= 15 is 0 Å². The fourth-order valence-electron chi connectivity index (χ4n) is 1.85. The highest BCUT2D eigenvalue weighted by molar-refractivity contribution is 5.78. The summed E-state index contributed by atoms with van der Waals surface area (Å²) >= 11 is 0. The SMILES string of the molecule is CCc1ccc(OCC(C)(NC(C)C)C(=O)O)cc1. The maximum Gasteiger partial charge on any atom is 0.327 e. The van der Waals surface area contributed by atoms with Gasteiger partial charge in [0.15, 0.2) is 0 Å². The van der Waals surface area contributed by atoms with Gasteiger partial charge in [-0.3, -0.25) is 10.1 Å². The van der Waals surface area contributed by atoms with Crippen molar-refractivity contribution in [1.29, 1.82) is 0 Å². The highest BCUT2D eigenvalue weighted by atomic mass is 16.5. The Bertz CT molecular complexity index is 414. The molecule has 2 N–H and O–H groups in total. The molecule has 0 aliphatic carbocycles. The molecule has 1 aromatic rings. The smallest absolute Gasteiger partial charge is 0.327 e. The number of benzene rings is 1. The van der Waals surface area contributed by atoms with Crippen LogP contribution in [0.15, 0.2) is 24.3 Å². The van der Waals surface area contributed by atoms with Gasteiger partial charge in [-0.25, -0.2) is 0 Å². The van der Waals surface area contributed by atoms with E-state index in [-0.39, 0.29) is 12.6 Å². The van der Waals surface area contributed by atoms with Crippen molar-refractivity contribution in [2.24, 2.45) is 0 Å². The second-order valence-electron chi connectivity index (χ2n) is 5.22. The number of carbonyl (C=O) groups is 1. The summed E-state index contributed by atoms with van der Waals surface area (Å²) in [6.07, 6.45) is 0.974. The van der Waals surface area contributed by atoms with E-state index in [1.54, 1.807) is 6.92 Å². The number of aliphatic carboxylic acids is 1. The van der Waals surface area contributed by atoms with Crippen molar-refractivity contribution in [1.82, 2.24) is 5.32 Å². The van der Waals surface area contributed by atoms with Crippen LogP contribution < -0.4 is 10.1 Å². The Hall–Kier alpha value is -1.55. The number of carboxylic acids is 1. The summed E-state index contributed by atoms with van der Waals surface area (Å²) < 4.78 is 5.59. The summed E-state index contributed by atoms with van der Waals surface area (Å²) in [7, 11) is 0. The molecule has 19 heavy (non-hydrogen) atoms. The standard InChI is InChI=1S/C15H23NO3/c1-5-12-6-8-13(9-7-12)19-10-15(4,14(17)18)16-11(2)3/h6-9,11,16H,5,10H2,1-4H3,(H,17,18). The topological polar surface area (TPSA) is 58.6 Å². The van der Waals surface area contributed by atoms with Gasteiger partial charge in [0.25, 0.3) is 0 Å². The molecule has 1 aromatic carbocycles. The highest BCUT2D eigenvalue weighted by Gasteiger charge is 2.34. The number of hydrogen-bond donors (Lipinski definition) is 2. The van der Waals surface area contributed by atoms with Gasteiger partial charge in [0.2, 0.25) is 0 Å². The summed E-state index contributed by atoms with van der Waals surface area (Å²) in [5.41, 5.74) is 0.145. The van der Waals surface area contributed by atoms with E-state index in [2.05, 4.69) is 12.2 Å². The largest absolute Gasteiger partial charge is 0.491 e. The number of ether oxygens (including phenoxy) is 1. The first-order valence-electron chi connectivity index (χ1n) is 6.60. The molecule has 0 bridgehead atoms. The van der Waals surface area contributed by atoms with Crippen molar-refractivity contribution in [2.45, 2.75) is 45.7 Å². The van der Waals surface area contributed by atoms with E-state index in [0.717, 1.165) is 6.42 Å². The summed E-state index contributed by atoms with van der Waals surface area (Å²) in [6.45, 7) is 7.64. The third kappa shape index (κ3) is 4.56. The minimum absolute atomic E-state index is 0.0761. The van der Waals surface area contributed by atoms with Crippen molar-refractivity contribution < 1.29 is 14.6 Å². The van der Waals surface area contributed by atoms with Crippen molar-refractivity contribution >= 4 is 5.97 Å². The van der Waals surface area contributed by atoms with Crippen LogP contribution in [0.25, 0.3) is 0 Å². The first-order valence-corrected chi connectivity index (χ1v) is 6.60. The van der Waals surface area contributed by atoms with Crippen LogP contribution in [-0.4, -0.2) is 29.3 Å². The summed E-state index contributed by atoms with van der Waals surface area (Å²) in [4.78, 5) is 11.3. The van der Waals surface area contributed by atoms with Crippen LogP contribution in [0, 0.1) is 0 Å². The molecular formula is C15H23NO3. The molecular weight excluding hydrogens is 242 g/mol. The van der Waals surface area contributed by atoms with Crippen LogP contribution in [0.2, 0.25) is 0 Å². The molecule has 4 heteroatoms. The van der Waals surface area contributed by atoms with Gasteiger partial charge in [0.1, 0.15) is 17.9 Å². The van der Waals surface area contributed by atoms with E-state index < -0.39 is 11.5 Å². The van der Waals surface area contributed by atoms with Crippen molar-refractivity contribution in [3.05, 3.63) is 29.8 Å². The number of aryl methyl sites for hydroxylation is 1. The minimum Gasteiger partial charge on any atom is -0.491 e. The summed E-state index contributed by atoms with van der Waals surface area (Å²) in [6, 6.07) is 7.80. The average molecular weight is 265 g/mol. The molecule has 0 saturated carbocycles. The van der Waals surface area contributed by atoms with Crippen LogP contribution in [-0.2, 0) is 11.2 Å². The van der Waals surface area contributed by atoms with Crippen molar-refractivity contribution in [3.8, 4) is 5.75 Å². The molecule has 1 atom stereocenters. The zero-order chi connectivity index (χ0) is 14.5. The van der Waals surface area contributed by atoms with Gasteiger partial charge in [-0.05, 0) is 44.9 Å². The lowest BCUT2D eigenvalue weighted by molar-refractivity contribution is -0.145. The summed E-state index contributed by atoms with van der Waals surface area (Å²) in [5, 5.41) is 12.3. The van der Waals surface area contributed by atoms with Gasteiger partial charge in [0, 0.05) is 6.04 Å². The molecule has 0 aromatic heterocycles. The minimum atomic E-state index is -1.09. The van der Waals surface area contributed by atoms with Gasteiger partial charge in [-0.2, -0.15) is 0 Å². The molecule has 106 valence electrons. The molecule has 0 aliphatic rings. The Kier molecular flexibility index (Phi) is 5.36. The molecule has 1 rings (SSSR count). The molecule has 0 radical (unpaired) electrons. The first kappa shape index (κ1) is 15.5. The lowest BCUT2D eigenvalue weighted by Gasteiger charge is -2.28. The first-order chi connectivity index (χ1) is 8.87. The molecule has 0 fully saturated rings. The van der Waals surface area contributed by atoms with Gasteiger partial charge in [-0.15, -0.1) is 0 Å². The molecule has 0 amide bonds. The van der Waals surface area contributed by atoms with Crippen LogP contribution in [0.3, 0.4) is 0 Å². The van der Waals surface area contributed by atoms with Gasteiger partial charge in [0.05, 0.1) is 0 Å². The predicted octanol–water partition coefficient (Wildman–Crippen LogP) is 2.47. The summed E-state index contributed by atoms with van der Waals surface area (Å²) in [5.74, 6) is -0.221. The maximum atomic E-state index is 11.3. The Morgan fingerprint density at radius 3 is 2.37 bits per heavy atom. The Balaban J connectivity index is 2.67. The lowest BCUT2D eigenvalue weighted by Crippen LogP contribution is -2.56. The molecule has 0 aliphatic heterocycles. The van der Waals surface area contributed by atoms with Gasteiger partial charge >= 0.3 is 5.97 Å². The van der Waals surface area contributed by atoms with Gasteiger partial charge < -0.3 is 9.84 Å². The Morgan fingerprint density at radius 2 is 1.95 bits per heavy atom. The van der Waals surface area contributed by atoms with E-state index in [9.17, 15) is 9.90 Å². The maximum absolute atomic E-state index is 11.3. The van der Waals surface area contributed by atoms with E-state index in [1.165, 1.54) is 5.56 Å². The van der Waals surface area contributed by atoms with Crippen LogP contribution in [0.5, 0.6) is 5.75 Å². The van der Waals surface area contributed by atoms with Crippen LogP contribution >= 0.6 is 0 Å². The zero-order valence-electron chi connectivity index (χ0n) is 12.1. The molecule has 0 saturated heterocycles. The number of hydrogen-bond acceptors (Lipinski definition) is 3. The lowest BCUT2D eigenvalue weighted by atomic mass is 10.0. The third-order valence-corrected chi connectivity index (χ3v) is 2.94. The normalized spacial score (nSPS) is 14.2.